The fourth-order valence-corrected chi connectivity index (χ4v) is 5.45. The Bertz CT molecular complexity index is 275. The molecule has 1 heterocycles. The fraction of sp³-hybridized carbons (Fsp3) is 0.778. The van der Waals surface area contributed by atoms with Crippen molar-refractivity contribution < 1.29 is 14.0 Å². The molecule has 4 nitrogen and oxygen atoms in total. The summed E-state index contributed by atoms with van der Waals surface area (Å²) in [6, 6.07) is 0. The second-order valence-corrected chi connectivity index (χ2v) is 7.32. The molecule has 1 rings (SSSR count). The lowest BCUT2D eigenvalue weighted by Gasteiger charge is -2.49. The Labute approximate surface area is 95.0 Å². The molecule has 0 radical (unpaired) electrons. The zero-order chi connectivity index (χ0) is 11.5. The molecule has 2 atom stereocenters. The van der Waals surface area contributed by atoms with Gasteiger partial charge in [0.05, 0.1) is 0 Å². The normalized spacial score (nSPS) is 35.2. The highest BCUT2D eigenvalue weighted by Crippen LogP contribution is 2.76. The Morgan fingerprint density at radius 3 is 2.60 bits per heavy atom. The van der Waals surface area contributed by atoms with Gasteiger partial charge in [-0.3, -0.25) is 9.42 Å². The molecule has 0 saturated carbocycles. The van der Waals surface area contributed by atoms with Gasteiger partial charge < -0.3 is 4.89 Å². The van der Waals surface area contributed by atoms with E-state index in [0.717, 1.165) is 24.3 Å². The van der Waals surface area contributed by atoms with Crippen LogP contribution < -0.4 is 0 Å². The van der Waals surface area contributed by atoms with Gasteiger partial charge >= 0.3 is 6.80 Å². The van der Waals surface area contributed by atoms with Crippen molar-refractivity contribution in [3.05, 3.63) is 12.7 Å². The highest BCUT2D eigenvalue weighted by atomic mass is 32.7. The third kappa shape index (κ3) is 2.86. The van der Waals surface area contributed by atoms with Gasteiger partial charge in [0, 0.05) is 24.5 Å². The Kier molecular flexibility index (Phi) is 4.44. The van der Waals surface area contributed by atoms with E-state index < -0.39 is 11.9 Å². The van der Waals surface area contributed by atoms with Crippen LogP contribution in [0.2, 0.25) is 0 Å². The Morgan fingerprint density at radius 1 is 1.67 bits per heavy atom. The molecule has 0 aliphatic carbocycles. The van der Waals surface area contributed by atoms with Crippen molar-refractivity contribution in [3.63, 3.8) is 0 Å². The van der Waals surface area contributed by atoms with Gasteiger partial charge in [-0.25, -0.2) is 4.57 Å². The van der Waals surface area contributed by atoms with Crippen LogP contribution in [-0.4, -0.2) is 27.9 Å². The van der Waals surface area contributed by atoms with E-state index in [-0.39, 0.29) is 0 Å². The molecular formula is C9H18NO3PS. The zero-order valence-electron chi connectivity index (χ0n) is 9.18. The van der Waals surface area contributed by atoms with Gasteiger partial charge in [-0.15, -0.1) is 6.58 Å². The molecule has 0 amide bonds. The molecular weight excluding hydrogens is 233 g/mol. The van der Waals surface area contributed by atoms with Crippen LogP contribution in [-0.2, 0) is 9.09 Å². The Morgan fingerprint density at radius 2 is 2.27 bits per heavy atom. The van der Waals surface area contributed by atoms with Crippen LogP contribution >= 0.6 is 18.2 Å². The van der Waals surface area contributed by atoms with Crippen molar-refractivity contribution in [2.24, 2.45) is 0 Å². The first kappa shape index (κ1) is 13.3. The molecule has 1 aliphatic heterocycles. The summed E-state index contributed by atoms with van der Waals surface area (Å²) < 4.78 is 16.4. The Hall–Kier alpha value is 0.200. The first-order chi connectivity index (χ1) is 6.99. The van der Waals surface area contributed by atoms with Crippen molar-refractivity contribution in [1.82, 2.24) is 4.90 Å². The summed E-state index contributed by atoms with van der Waals surface area (Å²) in [7, 11) is 0. The van der Waals surface area contributed by atoms with Crippen LogP contribution in [0.25, 0.3) is 0 Å². The third-order valence-corrected chi connectivity index (χ3v) is 5.86. The summed E-state index contributed by atoms with van der Waals surface area (Å²) in [5, 5.41) is -0.617. The van der Waals surface area contributed by atoms with Gasteiger partial charge in [-0.05, 0) is 12.8 Å². The van der Waals surface area contributed by atoms with E-state index in [1.54, 1.807) is 6.08 Å². The molecule has 0 aromatic carbocycles. The number of rotatable bonds is 6. The summed E-state index contributed by atoms with van der Waals surface area (Å²) in [5.41, 5.74) is 0. The number of hydrogen-bond donors (Lipinski definition) is 1. The van der Waals surface area contributed by atoms with Crippen LogP contribution in [0.15, 0.2) is 12.7 Å². The maximum atomic E-state index is 11.2. The molecule has 1 fully saturated rings. The van der Waals surface area contributed by atoms with E-state index in [0.29, 0.717) is 13.0 Å². The molecule has 0 spiro atoms. The van der Waals surface area contributed by atoms with Crippen molar-refractivity contribution in [2.45, 2.75) is 31.7 Å². The molecule has 0 aromatic heterocycles. The smallest absolute Gasteiger partial charge is 0.316 e. The first-order valence-electron chi connectivity index (χ1n) is 5.10. The lowest BCUT2D eigenvalue weighted by atomic mass is 10.3. The highest BCUT2D eigenvalue weighted by Gasteiger charge is 2.56. The maximum absolute atomic E-state index is 11.2. The largest absolute Gasteiger partial charge is 0.393 e. The molecule has 0 bridgehead atoms. The minimum Gasteiger partial charge on any atom is -0.316 e. The molecule has 1 saturated heterocycles. The molecule has 88 valence electrons. The van der Waals surface area contributed by atoms with Gasteiger partial charge in [-0.2, -0.15) is 0 Å². The lowest BCUT2D eigenvalue weighted by molar-refractivity contribution is -0.0192. The van der Waals surface area contributed by atoms with Crippen LogP contribution in [0.1, 0.15) is 26.7 Å². The zero-order valence-corrected chi connectivity index (χ0v) is 10.9. The first-order valence-corrected chi connectivity index (χ1v) is 8.10. The second kappa shape index (κ2) is 5.02. The quantitative estimate of drug-likeness (QED) is 0.581. The average Bonchev–Trinajstić information content (AvgIpc) is 2.13. The third-order valence-electron chi connectivity index (χ3n) is 2.29. The average molecular weight is 251 g/mol. The molecule has 6 heteroatoms. The minimum absolute atomic E-state index is 0.617. The van der Waals surface area contributed by atoms with Crippen LogP contribution in [0.5, 0.6) is 0 Å². The molecule has 15 heavy (non-hydrogen) atoms. The van der Waals surface area contributed by atoms with Crippen LogP contribution in [0.3, 0.4) is 0 Å². The molecule has 0 aromatic rings. The van der Waals surface area contributed by atoms with Crippen molar-refractivity contribution in [2.75, 3.05) is 13.1 Å². The fourth-order valence-electron chi connectivity index (χ4n) is 1.66. The van der Waals surface area contributed by atoms with Gasteiger partial charge in [0.15, 0.2) is 5.06 Å². The van der Waals surface area contributed by atoms with Gasteiger partial charge in [0.25, 0.3) is 0 Å². The minimum atomic E-state index is -3.36. The summed E-state index contributed by atoms with van der Waals surface area (Å²) in [6.45, 7) is 5.87. The van der Waals surface area contributed by atoms with Gasteiger partial charge in [0.1, 0.15) is 0 Å². The van der Waals surface area contributed by atoms with E-state index in [9.17, 15) is 9.46 Å². The van der Waals surface area contributed by atoms with E-state index in [1.165, 1.54) is 0 Å². The Balaban J connectivity index is 2.71. The predicted octanol–water partition coefficient (Wildman–Crippen LogP) is 2.81. The SMILES string of the molecule is C=CCN(CCC)C1(CC)OP(=O)(O)S1. The van der Waals surface area contributed by atoms with Crippen LogP contribution in [0, 0.1) is 0 Å². The van der Waals surface area contributed by atoms with Crippen molar-refractivity contribution in [1.29, 1.82) is 0 Å². The molecule has 2 unspecified atom stereocenters. The van der Waals surface area contributed by atoms with E-state index in [2.05, 4.69) is 18.4 Å². The number of hydrogen-bond acceptors (Lipinski definition) is 4. The van der Waals surface area contributed by atoms with E-state index in [4.69, 9.17) is 4.52 Å². The highest BCUT2D eigenvalue weighted by molar-refractivity contribution is 8.57. The van der Waals surface area contributed by atoms with Crippen LogP contribution in [0.4, 0.5) is 0 Å². The monoisotopic (exact) mass is 251 g/mol. The van der Waals surface area contributed by atoms with E-state index >= 15 is 0 Å². The predicted molar refractivity (Wildman–Crippen MR) is 63.6 cm³/mol. The second-order valence-electron chi connectivity index (χ2n) is 3.45. The summed E-state index contributed by atoms with van der Waals surface area (Å²) in [5.74, 6) is 0. The van der Waals surface area contributed by atoms with Crippen molar-refractivity contribution in [3.8, 4) is 0 Å². The summed E-state index contributed by atoms with van der Waals surface area (Å²) in [6.07, 6.45) is 3.46. The van der Waals surface area contributed by atoms with E-state index in [1.807, 2.05) is 6.92 Å². The number of nitrogens with zero attached hydrogens (tertiary/aromatic N) is 1. The molecule has 1 aliphatic rings. The lowest BCUT2D eigenvalue weighted by Crippen LogP contribution is -2.51. The van der Waals surface area contributed by atoms with Crippen molar-refractivity contribution >= 4 is 18.2 Å². The summed E-state index contributed by atoms with van der Waals surface area (Å²) >= 11 is 1.03. The molecule has 1 N–H and O–H groups in total. The standard InChI is InChI=1S/C9H18NO3PS/c1-4-7-10(8-5-2)9(6-3)13-14(11,12)15-9/h4H,1,5-8H2,2-3H3,(H,11,12). The van der Waals surface area contributed by atoms with Gasteiger partial charge in [-0.1, -0.05) is 19.9 Å². The summed E-state index contributed by atoms with van der Waals surface area (Å²) in [4.78, 5) is 11.3. The topological polar surface area (TPSA) is 49.8 Å². The maximum Gasteiger partial charge on any atom is 0.393 e. The van der Waals surface area contributed by atoms with Gasteiger partial charge in [0.2, 0.25) is 0 Å².